The first-order valence-corrected chi connectivity index (χ1v) is 8.21. The van der Waals surface area contributed by atoms with Gasteiger partial charge in [0.15, 0.2) is 0 Å². The van der Waals surface area contributed by atoms with Crippen LogP contribution in [0.2, 0.25) is 0 Å². The number of carbonyl (C=O) groups excluding carboxylic acids is 2. The average Bonchev–Trinajstić information content (AvgIpc) is 2.85. The second-order valence-corrected chi connectivity index (χ2v) is 6.19. The third-order valence-electron chi connectivity index (χ3n) is 3.46. The Kier molecular flexibility index (Phi) is 4.82. The van der Waals surface area contributed by atoms with Crippen molar-refractivity contribution >= 4 is 35.1 Å². The fourth-order valence-electron chi connectivity index (χ4n) is 2.24. The summed E-state index contributed by atoms with van der Waals surface area (Å²) in [6.07, 6.45) is 5.34. The molecule has 0 radical (unpaired) electrons. The molecule has 0 atom stereocenters. The van der Waals surface area contributed by atoms with E-state index in [0.717, 1.165) is 22.9 Å². The lowest BCUT2D eigenvalue weighted by atomic mass is 10.2. The van der Waals surface area contributed by atoms with Crippen LogP contribution < -0.4 is 0 Å². The van der Waals surface area contributed by atoms with Crippen LogP contribution in [0.25, 0.3) is 12.2 Å². The van der Waals surface area contributed by atoms with Crippen LogP contribution in [0, 0.1) is 0 Å². The Hall–Kier alpha value is -2.79. The number of amides is 2. The van der Waals surface area contributed by atoms with Gasteiger partial charge in [-0.15, -0.1) is 0 Å². The van der Waals surface area contributed by atoms with Gasteiger partial charge in [0.25, 0.3) is 11.1 Å². The van der Waals surface area contributed by atoms with Gasteiger partial charge in [0.05, 0.1) is 4.91 Å². The Morgan fingerprint density at radius 1 is 0.958 bits per heavy atom. The van der Waals surface area contributed by atoms with Crippen LogP contribution in [-0.2, 0) is 4.79 Å². The number of thioether (sulfide) groups is 1. The number of phenols is 1. The second-order valence-electron chi connectivity index (χ2n) is 5.20. The maximum absolute atomic E-state index is 12.4. The molecule has 2 amide bonds. The van der Waals surface area contributed by atoms with Crippen molar-refractivity contribution in [1.29, 1.82) is 0 Å². The van der Waals surface area contributed by atoms with Gasteiger partial charge in [-0.1, -0.05) is 54.6 Å². The Bertz CT molecular complexity index is 810. The smallest absolute Gasteiger partial charge is 0.293 e. The van der Waals surface area contributed by atoms with Gasteiger partial charge in [-0.2, -0.15) is 0 Å². The molecule has 1 saturated heterocycles. The lowest BCUT2D eigenvalue weighted by molar-refractivity contribution is -0.122. The van der Waals surface area contributed by atoms with E-state index in [9.17, 15) is 14.7 Å². The zero-order valence-corrected chi connectivity index (χ0v) is 13.6. The van der Waals surface area contributed by atoms with E-state index >= 15 is 0 Å². The number of phenolic OH excluding ortho intramolecular Hbond substituents is 1. The Morgan fingerprint density at radius 3 is 2.38 bits per heavy atom. The van der Waals surface area contributed by atoms with E-state index in [1.54, 1.807) is 36.4 Å². The second kappa shape index (κ2) is 7.19. The third-order valence-corrected chi connectivity index (χ3v) is 4.37. The standard InChI is InChI=1S/C19H15NO3S/c21-16-10-8-15(9-11-16)13-17-18(22)20(19(23)24-17)12-4-7-14-5-2-1-3-6-14/h1-11,13,21H,12H2/b7-4+,17-13-. The molecule has 0 aliphatic carbocycles. The molecule has 0 spiro atoms. The van der Waals surface area contributed by atoms with Crippen molar-refractivity contribution in [3.8, 4) is 5.75 Å². The van der Waals surface area contributed by atoms with Crippen molar-refractivity contribution in [3.05, 3.63) is 76.7 Å². The van der Waals surface area contributed by atoms with Crippen LogP contribution in [0.15, 0.2) is 65.6 Å². The molecule has 0 unspecified atom stereocenters. The van der Waals surface area contributed by atoms with Gasteiger partial charge in [0, 0.05) is 6.54 Å². The quantitative estimate of drug-likeness (QED) is 0.852. The average molecular weight is 337 g/mol. The molecule has 0 bridgehead atoms. The molecule has 1 heterocycles. The highest BCUT2D eigenvalue weighted by atomic mass is 32.2. The first-order chi connectivity index (χ1) is 11.6. The minimum absolute atomic E-state index is 0.159. The van der Waals surface area contributed by atoms with E-state index in [1.807, 2.05) is 36.4 Å². The zero-order valence-electron chi connectivity index (χ0n) is 12.8. The van der Waals surface area contributed by atoms with Crippen molar-refractivity contribution in [2.24, 2.45) is 0 Å². The van der Waals surface area contributed by atoms with Gasteiger partial charge < -0.3 is 5.11 Å². The molecule has 1 aliphatic heterocycles. The highest BCUT2D eigenvalue weighted by molar-refractivity contribution is 8.18. The number of benzene rings is 2. The molecule has 2 aromatic rings. The summed E-state index contributed by atoms with van der Waals surface area (Å²) in [5.41, 5.74) is 1.78. The van der Waals surface area contributed by atoms with E-state index in [0.29, 0.717) is 4.91 Å². The van der Waals surface area contributed by atoms with Crippen molar-refractivity contribution in [2.75, 3.05) is 6.54 Å². The molecule has 0 aromatic heterocycles. The van der Waals surface area contributed by atoms with Gasteiger partial charge in [-0.25, -0.2) is 0 Å². The maximum atomic E-state index is 12.4. The number of hydrogen-bond donors (Lipinski definition) is 1. The first-order valence-electron chi connectivity index (χ1n) is 7.39. The fraction of sp³-hybridized carbons (Fsp3) is 0.0526. The molecular formula is C19H15NO3S. The van der Waals surface area contributed by atoms with Gasteiger partial charge in [-0.3, -0.25) is 14.5 Å². The molecular weight excluding hydrogens is 322 g/mol. The van der Waals surface area contributed by atoms with Crippen LogP contribution >= 0.6 is 11.8 Å². The van der Waals surface area contributed by atoms with Crippen LogP contribution in [-0.4, -0.2) is 27.7 Å². The number of rotatable bonds is 4. The van der Waals surface area contributed by atoms with E-state index in [2.05, 4.69) is 0 Å². The van der Waals surface area contributed by atoms with Crippen molar-refractivity contribution < 1.29 is 14.7 Å². The SMILES string of the molecule is O=C1S/C(=C\c2ccc(O)cc2)C(=O)N1C/C=C/c1ccccc1. The van der Waals surface area contributed by atoms with Crippen LogP contribution in [0.5, 0.6) is 5.75 Å². The van der Waals surface area contributed by atoms with Gasteiger partial charge in [0.1, 0.15) is 5.75 Å². The molecule has 1 aliphatic rings. The number of imide groups is 1. The minimum atomic E-state index is -0.296. The van der Waals surface area contributed by atoms with Crippen LogP contribution in [0.4, 0.5) is 4.79 Å². The maximum Gasteiger partial charge on any atom is 0.293 e. The van der Waals surface area contributed by atoms with Gasteiger partial charge in [0.2, 0.25) is 0 Å². The predicted octanol–water partition coefficient (Wildman–Crippen LogP) is 4.14. The summed E-state index contributed by atoms with van der Waals surface area (Å²) in [5.74, 6) is -0.137. The van der Waals surface area contributed by atoms with E-state index < -0.39 is 0 Å². The monoisotopic (exact) mass is 337 g/mol. The topological polar surface area (TPSA) is 57.6 Å². The summed E-state index contributed by atoms with van der Waals surface area (Å²) in [5, 5.41) is 9.01. The summed E-state index contributed by atoms with van der Waals surface area (Å²) in [7, 11) is 0. The molecule has 1 fully saturated rings. The Balaban J connectivity index is 1.70. The molecule has 5 heteroatoms. The van der Waals surface area contributed by atoms with Gasteiger partial charge >= 0.3 is 0 Å². The fourth-order valence-corrected chi connectivity index (χ4v) is 3.09. The van der Waals surface area contributed by atoms with E-state index in [4.69, 9.17) is 0 Å². The molecule has 120 valence electrons. The zero-order chi connectivity index (χ0) is 16.9. The minimum Gasteiger partial charge on any atom is -0.508 e. The number of carbonyl (C=O) groups is 2. The molecule has 1 N–H and O–H groups in total. The number of nitrogens with zero attached hydrogens (tertiary/aromatic N) is 1. The molecule has 4 nitrogen and oxygen atoms in total. The highest BCUT2D eigenvalue weighted by Gasteiger charge is 2.34. The van der Waals surface area contributed by atoms with Crippen LogP contribution in [0.3, 0.4) is 0 Å². The molecule has 2 aromatic carbocycles. The largest absolute Gasteiger partial charge is 0.508 e. The first kappa shape index (κ1) is 16.1. The molecule has 24 heavy (non-hydrogen) atoms. The summed E-state index contributed by atoms with van der Waals surface area (Å²) >= 11 is 0.929. The summed E-state index contributed by atoms with van der Waals surface area (Å²) < 4.78 is 0. The summed E-state index contributed by atoms with van der Waals surface area (Å²) in [6, 6.07) is 16.2. The van der Waals surface area contributed by atoms with Crippen molar-refractivity contribution in [2.45, 2.75) is 0 Å². The Morgan fingerprint density at radius 2 is 1.67 bits per heavy atom. The lowest BCUT2D eigenvalue weighted by Crippen LogP contribution is -2.28. The van der Waals surface area contributed by atoms with E-state index in [-0.39, 0.29) is 23.4 Å². The van der Waals surface area contributed by atoms with Crippen LogP contribution in [0.1, 0.15) is 11.1 Å². The summed E-state index contributed by atoms with van der Waals surface area (Å²) in [4.78, 5) is 26.0. The number of hydrogen-bond acceptors (Lipinski definition) is 4. The normalized spacial score (nSPS) is 16.5. The Labute approximate surface area is 144 Å². The molecule has 3 rings (SSSR count). The van der Waals surface area contributed by atoms with Gasteiger partial charge in [-0.05, 0) is 41.1 Å². The lowest BCUT2D eigenvalue weighted by Gasteiger charge is -2.08. The molecule has 0 saturated carbocycles. The third kappa shape index (κ3) is 3.75. The van der Waals surface area contributed by atoms with Crippen molar-refractivity contribution in [3.63, 3.8) is 0 Å². The van der Waals surface area contributed by atoms with Crippen molar-refractivity contribution in [1.82, 2.24) is 4.90 Å². The van der Waals surface area contributed by atoms with E-state index in [1.165, 1.54) is 4.90 Å². The summed E-state index contributed by atoms with van der Waals surface area (Å²) in [6.45, 7) is 0.243. The predicted molar refractivity (Wildman–Crippen MR) is 96.3 cm³/mol. The highest BCUT2D eigenvalue weighted by Crippen LogP contribution is 2.32. The number of aromatic hydroxyl groups is 1.